The van der Waals surface area contributed by atoms with Crippen LogP contribution in [0.15, 0.2) is 47.4 Å². The van der Waals surface area contributed by atoms with E-state index in [4.69, 9.17) is 4.74 Å². The van der Waals surface area contributed by atoms with Crippen LogP contribution >= 0.6 is 0 Å². The number of benzene rings is 1. The molecule has 9 nitrogen and oxygen atoms in total. The normalized spacial score (nSPS) is 11.2. The highest BCUT2D eigenvalue weighted by Gasteiger charge is 2.19. The largest absolute Gasteiger partial charge is 0.504 e. The van der Waals surface area contributed by atoms with Crippen molar-refractivity contribution in [1.82, 2.24) is 19.9 Å². The molecule has 0 atom stereocenters. The Bertz CT molecular complexity index is 1290. The fourth-order valence-corrected chi connectivity index (χ4v) is 3.44. The minimum absolute atomic E-state index is 0.00134. The molecular weight excluding hydrogens is 448 g/mol. The lowest BCUT2D eigenvalue weighted by Crippen LogP contribution is -2.32. The molecular formula is C26H30N4O5. The van der Waals surface area contributed by atoms with Gasteiger partial charge in [0, 0.05) is 12.3 Å². The van der Waals surface area contributed by atoms with Crippen molar-refractivity contribution < 1.29 is 19.4 Å². The number of aryl methyl sites for hydroxylation is 1. The second-order valence-electron chi connectivity index (χ2n) is 9.12. The maximum atomic E-state index is 12.8. The average Bonchev–Trinajstić information content (AvgIpc) is 2.80. The number of nitrogens with one attached hydrogen (secondary N) is 1. The summed E-state index contributed by atoms with van der Waals surface area (Å²) in [5.74, 6) is -1.57. The number of aromatic nitrogens is 3. The summed E-state index contributed by atoms with van der Waals surface area (Å²) >= 11 is 0. The van der Waals surface area contributed by atoms with Crippen LogP contribution in [0, 0.1) is 6.92 Å². The van der Waals surface area contributed by atoms with Gasteiger partial charge in [0.05, 0.1) is 18.8 Å². The Hall–Kier alpha value is -4.01. The van der Waals surface area contributed by atoms with E-state index in [0.717, 1.165) is 11.1 Å². The zero-order valence-corrected chi connectivity index (χ0v) is 20.6. The monoisotopic (exact) mass is 478 g/mol. The maximum absolute atomic E-state index is 12.8. The van der Waals surface area contributed by atoms with Crippen LogP contribution in [0.2, 0.25) is 0 Å². The molecule has 9 heteroatoms. The predicted octanol–water partition coefficient (Wildman–Crippen LogP) is 2.96. The summed E-state index contributed by atoms with van der Waals surface area (Å²) in [5, 5.41) is 12.6. The molecule has 3 aromatic rings. The molecule has 0 saturated carbocycles. The fraction of sp³-hybridized carbons (Fsp3) is 0.346. The van der Waals surface area contributed by atoms with Gasteiger partial charge in [-0.05, 0) is 42.0 Å². The van der Waals surface area contributed by atoms with Gasteiger partial charge in [-0.1, -0.05) is 45.0 Å². The Labute approximate surface area is 203 Å². The molecule has 2 aromatic heterocycles. The van der Waals surface area contributed by atoms with Gasteiger partial charge in [0.15, 0.2) is 11.4 Å². The molecule has 0 radical (unpaired) electrons. The van der Waals surface area contributed by atoms with Gasteiger partial charge in [0.25, 0.3) is 11.5 Å². The number of aromatic hydroxyl groups is 1. The number of carbonyl (C=O) groups excluding carboxylic acids is 2. The van der Waals surface area contributed by atoms with Crippen molar-refractivity contribution >= 4 is 11.9 Å². The van der Waals surface area contributed by atoms with E-state index in [1.54, 1.807) is 13.1 Å². The molecule has 2 N–H and O–H groups in total. The van der Waals surface area contributed by atoms with Gasteiger partial charge in [-0.2, -0.15) is 0 Å². The fourth-order valence-electron chi connectivity index (χ4n) is 3.44. The summed E-state index contributed by atoms with van der Waals surface area (Å²) < 4.78 is 6.19. The number of pyridine rings is 1. The molecule has 0 unspecified atom stereocenters. The van der Waals surface area contributed by atoms with E-state index >= 15 is 0 Å². The van der Waals surface area contributed by atoms with Gasteiger partial charge in [0.2, 0.25) is 0 Å². The van der Waals surface area contributed by atoms with Crippen molar-refractivity contribution in [1.29, 1.82) is 0 Å². The van der Waals surface area contributed by atoms with E-state index in [9.17, 15) is 19.5 Å². The number of hydrogen-bond acceptors (Lipinski definition) is 7. The first-order valence-corrected chi connectivity index (χ1v) is 11.3. The highest BCUT2D eigenvalue weighted by Crippen LogP contribution is 2.25. The number of nitrogens with zero attached hydrogens (tertiary/aromatic N) is 3. The second kappa shape index (κ2) is 10.5. The Kier molecular flexibility index (Phi) is 7.68. The van der Waals surface area contributed by atoms with Crippen molar-refractivity contribution in [3.8, 4) is 16.9 Å². The van der Waals surface area contributed by atoms with Gasteiger partial charge in [0.1, 0.15) is 12.4 Å². The third kappa shape index (κ3) is 6.32. The first-order valence-electron chi connectivity index (χ1n) is 11.3. The molecule has 184 valence electrons. The van der Waals surface area contributed by atoms with E-state index < -0.39 is 17.6 Å². The van der Waals surface area contributed by atoms with Crippen LogP contribution in [0.25, 0.3) is 11.1 Å². The average molecular weight is 479 g/mol. The third-order valence-electron chi connectivity index (χ3n) is 5.41. The van der Waals surface area contributed by atoms with Crippen LogP contribution < -0.4 is 10.9 Å². The van der Waals surface area contributed by atoms with Crippen LogP contribution in [0.4, 0.5) is 0 Å². The van der Waals surface area contributed by atoms with Gasteiger partial charge in [-0.3, -0.25) is 14.4 Å². The number of hydrogen-bond donors (Lipinski definition) is 2. The molecule has 0 aliphatic carbocycles. The topological polar surface area (TPSA) is 123 Å². The number of carbonyl (C=O) groups is 2. The molecule has 2 heterocycles. The summed E-state index contributed by atoms with van der Waals surface area (Å²) in [6.07, 6.45) is 1.64. The minimum Gasteiger partial charge on any atom is -0.504 e. The van der Waals surface area contributed by atoms with E-state index in [1.807, 2.05) is 18.2 Å². The van der Waals surface area contributed by atoms with Crippen molar-refractivity contribution in [2.75, 3.05) is 13.2 Å². The second-order valence-corrected chi connectivity index (χ2v) is 9.12. The summed E-state index contributed by atoms with van der Waals surface area (Å²) in [4.78, 5) is 45.0. The van der Waals surface area contributed by atoms with E-state index in [1.165, 1.54) is 23.1 Å². The van der Waals surface area contributed by atoms with Gasteiger partial charge in [-0.25, -0.2) is 9.97 Å². The van der Waals surface area contributed by atoms with Crippen LogP contribution in [-0.4, -0.2) is 44.7 Å². The minimum atomic E-state index is -0.747. The maximum Gasteiger partial charge on any atom is 0.325 e. The summed E-state index contributed by atoms with van der Waals surface area (Å²) in [5.41, 5.74) is 2.61. The van der Waals surface area contributed by atoms with E-state index in [2.05, 4.69) is 48.2 Å². The highest BCUT2D eigenvalue weighted by atomic mass is 16.5. The molecule has 0 bridgehead atoms. The third-order valence-corrected chi connectivity index (χ3v) is 5.41. The Morgan fingerprint density at radius 2 is 1.77 bits per heavy atom. The molecule has 0 aliphatic heterocycles. The molecule has 1 amide bonds. The Balaban J connectivity index is 1.80. The SMILES string of the molecule is CCOC(=O)CNC(=O)c1nc(Cn2ccc(-c3ccc(C(C)(C)C)cc3)cc2=O)nc(C)c1O. The zero-order valence-electron chi connectivity index (χ0n) is 20.6. The molecule has 35 heavy (non-hydrogen) atoms. The van der Waals surface area contributed by atoms with Crippen molar-refractivity contribution in [3.05, 3.63) is 75.7 Å². The summed E-state index contributed by atoms with van der Waals surface area (Å²) in [6.45, 7) is 9.44. The van der Waals surface area contributed by atoms with E-state index in [-0.39, 0.29) is 47.9 Å². The number of esters is 1. The van der Waals surface area contributed by atoms with Crippen molar-refractivity contribution in [2.24, 2.45) is 0 Å². The van der Waals surface area contributed by atoms with Gasteiger partial charge >= 0.3 is 5.97 Å². The van der Waals surface area contributed by atoms with Crippen LogP contribution in [0.3, 0.4) is 0 Å². The van der Waals surface area contributed by atoms with Crippen LogP contribution in [0.1, 0.15) is 55.3 Å². The smallest absolute Gasteiger partial charge is 0.325 e. The van der Waals surface area contributed by atoms with Gasteiger partial charge in [-0.15, -0.1) is 0 Å². The Morgan fingerprint density at radius 1 is 1.09 bits per heavy atom. The summed E-state index contributed by atoms with van der Waals surface area (Å²) in [7, 11) is 0. The van der Waals surface area contributed by atoms with E-state index in [0.29, 0.717) is 0 Å². The molecule has 0 spiro atoms. The quantitative estimate of drug-likeness (QED) is 0.501. The molecule has 0 aliphatic rings. The first kappa shape index (κ1) is 25.6. The van der Waals surface area contributed by atoms with Crippen molar-refractivity contribution in [3.63, 3.8) is 0 Å². The zero-order chi connectivity index (χ0) is 25.8. The van der Waals surface area contributed by atoms with Crippen LogP contribution in [0.5, 0.6) is 5.75 Å². The molecule has 1 aromatic carbocycles. The number of ether oxygens (including phenoxy) is 1. The summed E-state index contributed by atoms with van der Waals surface area (Å²) in [6, 6.07) is 11.5. The first-order chi connectivity index (χ1) is 16.5. The van der Waals surface area contributed by atoms with Crippen molar-refractivity contribution in [2.45, 2.75) is 46.6 Å². The highest BCUT2D eigenvalue weighted by molar-refractivity contribution is 5.96. The predicted molar refractivity (Wildman–Crippen MR) is 131 cm³/mol. The van der Waals surface area contributed by atoms with Crippen LogP contribution in [-0.2, 0) is 21.5 Å². The lowest BCUT2D eigenvalue weighted by molar-refractivity contribution is -0.141. The lowest BCUT2D eigenvalue weighted by Gasteiger charge is -2.19. The lowest BCUT2D eigenvalue weighted by atomic mass is 9.86. The standard InChI is InChI=1S/C26H30N4O5/c1-6-35-22(32)14-27-25(34)23-24(33)16(2)28-20(29-23)15-30-12-11-18(13-21(30)31)17-7-9-19(10-8-17)26(3,4)5/h7-13,33H,6,14-15H2,1-5H3,(H,27,34). The molecule has 0 fully saturated rings. The molecule has 0 saturated heterocycles. The Morgan fingerprint density at radius 3 is 2.37 bits per heavy atom. The molecule has 3 rings (SSSR count). The number of amides is 1. The number of rotatable bonds is 7. The van der Waals surface area contributed by atoms with Gasteiger partial charge < -0.3 is 19.7 Å².